The molecule has 2 aromatic rings. The second-order valence-electron chi connectivity index (χ2n) is 4.23. The topological polar surface area (TPSA) is 52.0 Å². The van der Waals surface area contributed by atoms with Crippen molar-refractivity contribution in [2.75, 3.05) is 0 Å². The zero-order valence-electron chi connectivity index (χ0n) is 11.1. The van der Waals surface area contributed by atoms with E-state index in [2.05, 4.69) is 5.10 Å². The van der Waals surface area contributed by atoms with Crippen LogP contribution in [0.4, 0.5) is 4.39 Å². The van der Waals surface area contributed by atoms with Gasteiger partial charge in [-0.05, 0) is 25.0 Å². The first-order valence-electron chi connectivity index (χ1n) is 6.20. The first-order chi connectivity index (χ1) is 9.40. The van der Waals surface area contributed by atoms with E-state index >= 15 is 0 Å². The molecule has 0 unspecified atom stereocenters. The molecule has 0 saturated carbocycles. The number of hydrogen-bond donors (Lipinski definition) is 0. The van der Waals surface area contributed by atoms with Crippen LogP contribution in [0.3, 0.4) is 0 Å². The first kappa shape index (κ1) is 15.0. The summed E-state index contributed by atoms with van der Waals surface area (Å²) in [4.78, 5) is -0.00702. The lowest BCUT2D eigenvalue weighted by Crippen LogP contribution is -2.05. The Morgan fingerprint density at radius 3 is 2.40 bits per heavy atom. The molecule has 0 aliphatic carbocycles. The minimum atomic E-state index is -3.92. The predicted molar refractivity (Wildman–Crippen MR) is 75.3 cm³/mol. The molecule has 0 amide bonds. The van der Waals surface area contributed by atoms with Gasteiger partial charge < -0.3 is 0 Å². The summed E-state index contributed by atoms with van der Waals surface area (Å²) >= 11 is 0. The number of aryl methyl sites for hydroxylation is 1. The van der Waals surface area contributed by atoms with Gasteiger partial charge in [-0.3, -0.25) is 0 Å². The van der Waals surface area contributed by atoms with Gasteiger partial charge in [0.05, 0.1) is 11.4 Å². The summed E-state index contributed by atoms with van der Waals surface area (Å²) in [6.45, 7) is 3.55. The molecule has 1 aromatic heterocycles. The van der Waals surface area contributed by atoms with E-state index in [-0.39, 0.29) is 10.6 Å². The highest BCUT2D eigenvalue weighted by Gasteiger charge is 2.26. The Morgan fingerprint density at radius 2 is 1.90 bits per heavy atom. The van der Waals surface area contributed by atoms with Crippen LogP contribution >= 0.6 is 10.7 Å². The van der Waals surface area contributed by atoms with E-state index in [0.29, 0.717) is 24.2 Å². The fourth-order valence-corrected chi connectivity index (χ4v) is 3.65. The van der Waals surface area contributed by atoms with Gasteiger partial charge in [0.25, 0.3) is 9.05 Å². The average Bonchev–Trinajstić information content (AvgIpc) is 2.77. The Balaban J connectivity index is 2.80. The zero-order chi connectivity index (χ0) is 14.9. The van der Waals surface area contributed by atoms with Crippen LogP contribution in [0.25, 0.3) is 5.69 Å². The maximum Gasteiger partial charge on any atom is 0.265 e. The van der Waals surface area contributed by atoms with E-state index in [1.807, 2.05) is 0 Å². The van der Waals surface area contributed by atoms with Crippen molar-refractivity contribution in [3.8, 4) is 5.69 Å². The van der Waals surface area contributed by atoms with E-state index in [0.717, 1.165) is 0 Å². The Labute approximate surface area is 121 Å². The van der Waals surface area contributed by atoms with Gasteiger partial charge in [-0.25, -0.2) is 17.5 Å². The largest absolute Gasteiger partial charge is 0.265 e. The highest BCUT2D eigenvalue weighted by molar-refractivity contribution is 8.13. The van der Waals surface area contributed by atoms with Crippen LogP contribution in [-0.2, 0) is 21.9 Å². The van der Waals surface area contributed by atoms with Crippen LogP contribution in [0.1, 0.15) is 25.2 Å². The third kappa shape index (κ3) is 2.58. The summed E-state index contributed by atoms with van der Waals surface area (Å²) in [6.07, 6.45) is 0.776. The molecule has 1 heterocycles. The van der Waals surface area contributed by atoms with Crippen LogP contribution in [0.2, 0.25) is 0 Å². The molecule has 20 heavy (non-hydrogen) atoms. The standard InChI is InChI=1S/C13H14ClFN2O2S/c1-3-10-13(20(14,18)19)11(4-2)17(16-10)12-8-6-5-7-9(12)15/h5-8H,3-4H2,1-2H3. The van der Waals surface area contributed by atoms with Crippen LogP contribution in [0, 0.1) is 5.82 Å². The molecular weight excluding hydrogens is 303 g/mol. The van der Waals surface area contributed by atoms with Crippen molar-refractivity contribution in [2.24, 2.45) is 0 Å². The number of benzene rings is 1. The van der Waals surface area contributed by atoms with Crippen LogP contribution < -0.4 is 0 Å². The van der Waals surface area contributed by atoms with E-state index in [1.165, 1.54) is 10.7 Å². The van der Waals surface area contributed by atoms with Gasteiger partial charge in [-0.2, -0.15) is 5.10 Å². The van der Waals surface area contributed by atoms with Crippen LogP contribution in [0.15, 0.2) is 29.2 Å². The van der Waals surface area contributed by atoms with Gasteiger partial charge in [-0.15, -0.1) is 0 Å². The Bertz CT molecular complexity index is 741. The normalized spacial score (nSPS) is 11.8. The van der Waals surface area contributed by atoms with E-state index in [4.69, 9.17) is 10.7 Å². The van der Waals surface area contributed by atoms with Gasteiger partial charge in [0, 0.05) is 10.7 Å². The van der Waals surface area contributed by atoms with Crippen molar-refractivity contribution in [3.05, 3.63) is 41.5 Å². The molecule has 0 saturated heterocycles. The quantitative estimate of drug-likeness (QED) is 0.815. The first-order valence-corrected chi connectivity index (χ1v) is 8.51. The summed E-state index contributed by atoms with van der Waals surface area (Å²) in [6, 6.07) is 6.08. The number of aromatic nitrogens is 2. The fourth-order valence-electron chi connectivity index (χ4n) is 2.14. The fraction of sp³-hybridized carbons (Fsp3) is 0.308. The second-order valence-corrected chi connectivity index (χ2v) is 6.73. The van der Waals surface area contributed by atoms with Gasteiger partial charge in [0.15, 0.2) is 0 Å². The Kier molecular flexibility index (Phi) is 4.15. The molecule has 0 N–H and O–H groups in total. The molecule has 0 aliphatic rings. The molecule has 0 radical (unpaired) electrons. The number of rotatable bonds is 4. The molecule has 0 atom stereocenters. The lowest BCUT2D eigenvalue weighted by atomic mass is 10.2. The smallest absolute Gasteiger partial charge is 0.233 e. The molecule has 2 rings (SSSR count). The molecule has 0 fully saturated rings. The van der Waals surface area contributed by atoms with Crippen molar-refractivity contribution in [2.45, 2.75) is 31.6 Å². The van der Waals surface area contributed by atoms with Gasteiger partial charge in [0.1, 0.15) is 16.4 Å². The summed E-state index contributed by atoms with van der Waals surface area (Å²) < 4.78 is 38.7. The number of halogens is 2. The lowest BCUT2D eigenvalue weighted by Gasteiger charge is -2.07. The van der Waals surface area contributed by atoms with Crippen LogP contribution in [0.5, 0.6) is 0 Å². The Morgan fingerprint density at radius 1 is 1.25 bits per heavy atom. The highest BCUT2D eigenvalue weighted by atomic mass is 35.7. The summed E-state index contributed by atoms with van der Waals surface area (Å²) in [5, 5.41) is 4.21. The highest BCUT2D eigenvalue weighted by Crippen LogP contribution is 2.28. The minimum Gasteiger partial charge on any atom is -0.233 e. The Hall–Kier alpha value is -1.40. The maximum atomic E-state index is 13.9. The zero-order valence-corrected chi connectivity index (χ0v) is 12.7. The van der Waals surface area contributed by atoms with Crippen molar-refractivity contribution in [3.63, 3.8) is 0 Å². The summed E-state index contributed by atoms with van der Waals surface area (Å²) in [7, 11) is 1.57. The lowest BCUT2D eigenvalue weighted by molar-refractivity contribution is 0.602. The number of nitrogens with zero attached hydrogens (tertiary/aromatic N) is 2. The molecule has 108 valence electrons. The third-order valence-electron chi connectivity index (χ3n) is 2.99. The molecule has 4 nitrogen and oxygen atoms in total. The number of hydrogen-bond acceptors (Lipinski definition) is 3. The average molecular weight is 317 g/mol. The van der Waals surface area contributed by atoms with E-state index in [1.54, 1.807) is 32.0 Å². The van der Waals surface area contributed by atoms with Crippen molar-refractivity contribution in [1.82, 2.24) is 9.78 Å². The summed E-state index contributed by atoms with van der Waals surface area (Å²) in [5.74, 6) is -0.467. The molecule has 0 bridgehead atoms. The van der Waals surface area contributed by atoms with Crippen LogP contribution in [-0.4, -0.2) is 18.2 Å². The minimum absolute atomic E-state index is 0.00702. The van der Waals surface area contributed by atoms with E-state index < -0.39 is 14.9 Å². The van der Waals surface area contributed by atoms with Crippen molar-refractivity contribution < 1.29 is 12.8 Å². The predicted octanol–water partition coefficient (Wildman–Crippen LogP) is 3.06. The molecule has 1 aromatic carbocycles. The number of para-hydroxylation sites is 1. The molecule has 0 spiro atoms. The van der Waals surface area contributed by atoms with Gasteiger partial charge in [0.2, 0.25) is 0 Å². The molecule has 7 heteroatoms. The van der Waals surface area contributed by atoms with Gasteiger partial charge >= 0.3 is 0 Å². The van der Waals surface area contributed by atoms with Crippen molar-refractivity contribution >= 4 is 19.7 Å². The maximum absolute atomic E-state index is 13.9. The van der Waals surface area contributed by atoms with E-state index in [9.17, 15) is 12.8 Å². The summed E-state index contributed by atoms with van der Waals surface area (Å²) in [5.41, 5.74) is 0.952. The third-order valence-corrected chi connectivity index (χ3v) is 4.42. The SMILES string of the molecule is CCc1nn(-c2ccccc2F)c(CC)c1S(=O)(=O)Cl. The molecule has 0 aliphatic heterocycles. The monoisotopic (exact) mass is 316 g/mol. The van der Waals surface area contributed by atoms with Gasteiger partial charge in [-0.1, -0.05) is 26.0 Å². The second kappa shape index (κ2) is 5.54. The molecular formula is C13H14ClFN2O2S. The van der Waals surface area contributed by atoms with Crippen molar-refractivity contribution in [1.29, 1.82) is 0 Å².